The van der Waals surface area contributed by atoms with Gasteiger partial charge in [0, 0.05) is 6.42 Å². The summed E-state index contributed by atoms with van der Waals surface area (Å²) in [6.07, 6.45) is 5.46. The van der Waals surface area contributed by atoms with E-state index in [1.54, 1.807) is 0 Å². The molecule has 0 saturated heterocycles. The van der Waals surface area contributed by atoms with Gasteiger partial charge in [-0.15, -0.1) is 0 Å². The molecule has 0 aromatic carbocycles. The van der Waals surface area contributed by atoms with E-state index < -0.39 is 0 Å². The summed E-state index contributed by atoms with van der Waals surface area (Å²) >= 11 is 0. The molecule has 0 aromatic rings. The van der Waals surface area contributed by atoms with Crippen molar-refractivity contribution in [2.24, 2.45) is 5.92 Å². The quantitative estimate of drug-likeness (QED) is 0.587. The van der Waals surface area contributed by atoms with Crippen molar-refractivity contribution in [2.75, 3.05) is 0 Å². The smallest absolute Gasteiger partial charge is 0.120 e. The molecule has 0 heterocycles. The molecule has 1 aliphatic rings. The van der Waals surface area contributed by atoms with Crippen LogP contribution in [0.5, 0.6) is 0 Å². The minimum atomic E-state index is -0.209. The lowest BCUT2D eigenvalue weighted by Gasteiger charge is -2.25. The summed E-state index contributed by atoms with van der Waals surface area (Å²) in [5.41, 5.74) is 0. The van der Waals surface area contributed by atoms with Gasteiger partial charge in [-0.25, -0.2) is 0 Å². The SMILES string of the molecule is O=CC[C@H]1CCCC[C@@H]1O. The number of aldehydes is 1. The predicted octanol–water partition coefficient (Wildman–Crippen LogP) is 1.13. The summed E-state index contributed by atoms with van der Waals surface area (Å²) in [5, 5.41) is 9.34. The maximum Gasteiger partial charge on any atom is 0.120 e. The molecule has 1 aliphatic carbocycles. The van der Waals surface area contributed by atoms with E-state index in [2.05, 4.69) is 0 Å². The van der Waals surface area contributed by atoms with Gasteiger partial charge in [-0.2, -0.15) is 0 Å². The third-order valence-electron chi connectivity index (χ3n) is 2.27. The highest BCUT2D eigenvalue weighted by Crippen LogP contribution is 2.25. The first-order valence-electron chi connectivity index (χ1n) is 3.96. The maximum absolute atomic E-state index is 10.1. The third kappa shape index (κ3) is 1.81. The highest BCUT2D eigenvalue weighted by Gasteiger charge is 2.21. The molecular weight excluding hydrogens is 128 g/mol. The van der Waals surface area contributed by atoms with Crippen LogP contribution in [0.3, 0.4) is 0 Å². The Morgan fingerprint density at radius 1 is 1.40 bits per heavy atom. The molecule has 0 aliphatic heterocycles. The van der Waals surface area contributed by atoms with E-state index in [-0.39, 0.29) is 12.0 Å². The van der Waals surface area contributed by atoms with E-state index in [4.69, 9.17) is 0 Å². The second kappa shape index (κ2) is 3.71. The molecule has 1 N–H and O–H groups in total. The van der Waals surface area contributed by atoms with Crippen LogP contribution in [0.2, 0.25) is 0 Å². The first-order valence-corrected chi connectivity index (χ1v) is 3.96. The van der Waals surface area contributed by atoms with Crippen molar-refractivity contribution >= 4 is 6.29 Å². The molecule has 58 valence electrons. The van der Waals surface area contributed by atoms with E-state index in [9.17, 15) is 9.90 Å². The number of carbonyl (C=O) groups excluding carboxylic acids is 1. The molecule has 1 fully saturated rings. The number of rotatable bonds is 2. The molecule has 1 saturated carbocycles. The fourth-order valence-electron chi connectivity index (χ4n) is 1.59. The van der Waals surface area contributed by atoms with E-state index in [1.807, 2.05) is 0 Å². The van der Waals surface area contributed by atoms with Gasteiger partial charge < -0.3 is 9.90 Å². The second-order valence-corrected chi connectivity index (χ2v) is 3.01. The van der Waals surface area contributed by atoms with Crippen molar-refractivity contribution in [3.8, 4) is 0 Å². The lowest BCUT2D eigenvalue weighted by Crippen LogP contribution is -2.24. The first-order chi connectivity index (χ1) is 4.84. The number of hydrogen-bond donors (Lipinski definition) is 1. The fraction of sp³-hybridized carbons (Fsp3) is 0.875. The van der Waals surface area contributed by atoms with Crippen LogP contribution >= 0.6 is 0 Å². The van der Waals surface area contributed by atoms with Crippen molar-refractivity contribution in [3.63, 3.8) is 0 Å². The highest BCUT2D eigenvalue weighted by molar-refractivity contribution is 5.49. The van der Waals surface area contributed by atoms with Crippen LogP contribution in [-0.4, -0.2) is 17.5 Å². The lowest BCUT2D eigenvalue weighted by atomic mass is 9.85. The van der Waals surface area contributed by atoms with Gasteiger partial charge in [-0.05, 0) is 18.8 Å². The zero-order valence-corrected chi connectivity index (χ0v) is 6.12. The molecule has 0 amide bonds. The van der Waals surface area contributed by atoms with E-state index in [0.717, 1.165) is 25.5 Å². The number of hydrogen-bond acceptors (Lipinski definition) is 2. The standard InChI is InChI=1S/C8H14O2/c9-6-5-7-3-1-2-4-8(7)10/h6-8,10H,1-5H2/t7-,8+/m1/s1. The molecule has 0 aromatic heterocycles. The van der Waals surface area contributed by atoms with Gasteiger partial charge in [0.05, 0.1) is 6.10 Å². The Hall–Kier alpha value is -0.370. The zero-order valence-electron chi connectivity index (χ0n) is 6.12. The van der Waals surface area contributed by atoms with Gasteiger partial charge in [-0.3, -0.25) is 0 Å². The highest BCUT2D eigenvalue weighted by atomic mass is 16.3. The molecule has 0 spiro atoms. The minimum Gasteiger partial charge on any atom is -0.393 e. The normalized spacial score (nSPS) is 33.7. The Balaban J connectivity index is 2.32. The van der Waals surface area contributed by atoms with Crippen molar-refractivity contribution in [1.82, 2.24) is 0 Å². The van der Waals surface area contributed by atoms with Crippen LogP contribution < -0.4 is 0 Å². The van der Waals surface area contributed by atoms with Crippen LogP contribution in [0.25, 0.3) is 0 Å². The van der Waals surface area contributed by atoms with E-state index in [1.165, 1.54) is 6.42 Å². The topological polar surface area (TPSA) is 37.3 Å². The average molecular weight is 142 g/mol. The Morgan fingerprint density at radius 3 is 2.70 bits per heavy atom. The molecule has 2 heteroatoms. The van der Waals surface area contributed by atoms with Crippen LogP contribution in [-0.2, 0) is 4.79 Å². The predicted molar refractivity (Wildman–Crippen MR) is 38.6 cm³/mol. The Morgan fingerprint density at radius 2 is 2.10 bits per heavy atom. The van der Waals surface area contributed by atoms with Crippen LogP contribution in [0.15, 0.2) is 0 Å². The summed E-state index contributed by atoms with van der Waals surface area (Å²) in [6.45, 7) is 0. The van der Waals surface area contributed by atoms with Gasteiger partial charge in [0.15, 0.2) is 0 Å². The minimum absolute atomic E-state index is 0.209. The Bertz CT molecular complexity index is 112. The number of aliphatic hydroxyl groups is 1. The summed E-state index contributed by atoms with van der Waals surface area (Å²) in [4.78, 5) is 10.1. The summed E-state index contributed by atoms with van der Waals surface area (Å²) in [5.74, 6) is 0.256. The Labute approximate surface area is 61.2 Å². The first kappa shape index (κ1) is 7.73. The van der Waals surface area contributed by atoms with Crippen LogP contribution in [0.1, 0.15) is 32.1 Å². The Kier molecular flexibility index (Phi) is 2.87. The lowest BCUT2D eigenvalue weighted by molar-refractivity contribution is -0.109. The molecule has 0 radical (unpaired) electrons. The van der Waals surface area contributed by atoms with Gasteiger partial charge in [0.2, 0.25) is 0 Å². The number of carbonyl (C=O) groups is 1. The van der Waals surface area contributed by atoms with Crippen LogP contribution in [0, 0.1) is 5.92 Å². The molecule has 2 nitrogen and oxygen atoms in total. The molecule has 2 atom stereocenters. The van der Waals surface area contributed by atoms with E-state index >= 15 is 0 Å². The van der Waals surface area contributed by atoms with E-state index in [0.29, 0.717) is 6.42 Å². The molecule has 0 bridgehead atoms. The molecule has 0 unspecified atom stereocenters. The van der Waals surface area contributed by atoms with Gasteiger partial charge >= 0.3 is 0 Å². The van der Waals surface area contributed by atoms with Crippen LogP contribution in [0.4, 0.5) is 0 Å². The van der Waals surface area contributed by atoms with Crippen molar-refractivity contribution in [1.29, 1.82) is 0 Å². The fourth-order valence-corrected chi connectivity index (χ4v) is 1.59. The van der Waals surface area contributed by atoms with Crippen molar-refractivity contribution < 1.29 is 9.90 Å². The van der Waals surface area contributed by atoms with Gasteiger partial charge in [0.25, 0.3) is 0 Å². The van der Waals surface area contributed by atoms with Gasteiger partial charge in [0.1, 0.15) is 6.29 Å². The van der Waals surface area contributed by atoms with Gasteiger partial charge in [-0.1, -0.05) is 12.8 Å². The average Bonchev–Trinajstić information content (AvgIpc) is 1.94. The molecule has 10 heavy (non-hydrogen) atoms. The summed E-state index contributed by atoms with van der Waals surface area (Å²) < 4.78 is 0. The van der Waals surface area contributed by atoms with Crippen molar-refractivity contribution in [2.45, 2.75) is 38.2 Å². The number of aliphatic hydroxyl groups excluding tert-OH is 1. The summed E-state index contributed by atoms with van der Waals surface area (Å²) in [6, 6.07) is 0. The zero-order chi connectivity index (χ0) is 7.40. The second-order valence-electron chi connectivity index (χ2n) is 3.01. The van der Waals surface area contributed by atoms with Crippen molar-refractivity contribution in [3.05, 3.63) is 0 Å². The maximum atomic E-state index is 10.1. The monoisotopic (exact) mass is 142 g/mol. The largest absolute Gasteiger partial charge is 0.393 e. The third-order valence-corrected chi connectivity index (χ3v) is 2.27. The molecule has 1 rings (SSSR count). The summed E-state index contributed by atoms with van der Waals surface area (Å²) in [7, 11) is 0. The molecular formula is C8H14O2.